The van der Waals surface area contributed by atoms with E-state index in [1.807, 2.05) is 37.3 Å². The van der Waals surface area contributed by atoms with E-state index in [4.69, 9.17) is 5.73 Å². The summed E-state index contributed by atoms with van der Waals surface area (Å²) in [5, 5.41) is 4.42. The van der Waals surface area contributed by atoms with Gasteiger partial charge in [0.1, 0.15) is 11.6 Å². The maximum Gasteiger partial charge on any atom is 0.226 e. The standard InChI is InChI=1S/C15H27N5O/c1-10(11(2)16)15(21)19-7-5-6-14(8-19)9-20-13(4)17-12(3)18-20/h10-11,14H,5-9,16H2,1-4H3. The molecule has 1 aliphatic heterocycles. The van der Waals surface area contributed by atoms with E-state index in [-0.39, 0.29) is 17.9 Å². The third-order valence-electron chi connectivity index (χ3n) is 4.40. The number of hydrogen-bond donors (Lipinski definition) is 1. The number of piperidine rings is 1. The Balaban J connectivity index is 1.97. The molecule has 0 spiro atoms. The maximum absolute atomic E-state index is 12.4. The Labute approximate surface area is 126 Å². The molecule has 2 rings (SSSR count). The summed E-state index contributed by atoms with van der Waals surface area (Å²) < 4.78 is 1.96. The molecular formula is C15H27N5O. The second kappa shape index (κ2) is 6.56. The Bertz CT molecular complexity index is 496. The summed E-state index contributed by atoms with van der Waals surface area (Å²) in [6, 6.07) is -0.0990. The predicted molar refractivity (Wildman–Crippen MR) is 81.6 cm³/mol. The van der Waals surface area contributed by atoms with E-state index in [0.717, 1.165) is 44.1 Å². The van der Waals surface area contributed by atoms with Crippen molar-refractivity contribution in [3.8, 4) is 0 Å². The smallest absolute Gasteiger partial charge is 0.226 e. The van der Waals surface area contributed by atoms with Crippen molar-refractivity contribution >= 4 is 5.91 Å². The number of rotatable bonds is 4. The number of amides is 1. The van der Waals surface area contributed by atoms with Crippen LogP contribution < -0.4 is 5.73 Å². The SMILES string of the molecule is Cc1nc(C)n(CC2CCCN(C(=O)C(C)C(C)N)C2)n1. The molecule has 3 unspecified atom stereocenters. The third-order valence-corrected chi connectivity index (χ3v) is 4.40. The van der Waals surface area contributed by atoms with Crippen LogP contribution in [0.4, 0.5) is 0 Å². The van der Waals surface area contributed by atoms with Gasteiger partial charge in [-0.05, 0) is 39.5 Å². The molecule has 6 heteroatoms. The number of nitrogens with two attached hydrogens (primary N) is 1. The van der Waals surface area contributed by atoms with Crippen LogP contribution in [0.25, 0.3) is 0 Å². The second-order valence-corrected chi connectivity index (χ2v) is 6.33. The molecule has 1 saturated heterocycles. The van der Waals surface area contributed by atoms with E-state index in [2.05, 4.69) is 10.1 Å². The van der Waals surface area contributed by atoms with Crippen molar-refractivity contribution in [2.24, 2.45) is 17.6 Å². The first kappa shape index (κ1) is 15.9. The number of carbonyl (C=O) groups is 1. The van der Waals surface area contributed by atoms with E-state index in [0.29, 0.717) is 5.92 Å². The summed E-state index contributed by atoms with van der Waals surface area (Å²) in [5.74, 6) is 2.27. The minimum Gasteiger partial charge on any atom is -0.342 e. The Morgan fingerprint density at radius 3 is 2.71 bits per heavy atom. The Morgan fingerprint density at radius 1 is 1.43 bits per heavy atom. The molecule has 0 bridgehead atoms. The van der Waals surface area contributed by atoms with Gasteiger partial charge in [0.2, 0.25) is 5.91 Å². The quantitative estimate of drug-likeness (QED) is 0.902. The molecule has 6 nitrogen and oxygen atoms in total. The molecule has 3 atom stereocenters. The average Bonchev–Trinajstić information content (AvgIpc) is 2.75. The molecular weight excluding hydrogens is 266 g/mol. The molecule has 1 amide bonds. The molecule has 0 saturated carbocycles. The van der Waals surface area contributed by atoms with Crippen LogP contribution in [0.1, 0.15) is 38.3 Å². The van der Waals surface area contributed by atoms with Crippen LogP contribution in [0.3, 0.4) is 0 Å². The van der Waals surface area contributed by atoms with Crippen LogP contribution in [-0.2, 0) is 11.3 Å². The van der Waals surface area contributed by atoms with Crippen molar-refractivity contribution in [3.63, 3.8) is 0 Å². The van der Waals surface area contributed by atoms with Crippen molar-refractivity contribution in [1.29, 1.82) is 0 Å². The normalized spacial score (nSPS) is 22.1. The minimum atomic E-state index is -0.112. The lowest BCUT2D eigenvalue weighted by Gasteiger charge is -2.35. The van der Waals surface area contributed by atoms with Crippen molar-refractivity contribution in [3.05, 3.63) is 11.6 Å². The van der Waals surface area contributed by atoms with Gasteiger partial charge in [-0.25, -0.2) is 9.67 Å². The van der Waals surface area contributed by atoms with Gasteiger partial charge >= 0.3 is 0 Å². The Hall–Kier alpha value is -1.43. The van der Waals surface area contributed by atoms with Gasteiger partial charge in [-0.1, -0.05) is 6.92 Å². The van der Waals surface area contributed by atoms with Gasteiger partial charge in [-0.15, -0.1) is 0 Å². The number of aryl methyl sites for hydroxylation is 2. The molecule has 1 aliphatic rings. The Kier molecular flexibility index (Phi) is 4.98. The molecule has 0 radical (unpaired) electrons. The topological polar surface area (TPSA) is 77.0 Å². The van der Waals surface area contributed by atoms with Crippen LogP contribution in [-0.4, -0.2) is 44.7 Å². The number of aromatic nitrogens is 3. The highest BCUT2D eigenvalue weighted by Gasteiger charge is 2.28. The van der Waals surface area contributed by atoms with Crippen LogP contribution in [0, 0.1) is 25.7 Å². The molecule has 2 N–H and O–H groups in total. The van der Waals surface area contributed by atoms with Gasteiger partial charge < -0.3 is 10.6 Å². The van der Waals surface area contributed by atoms with Crippen LogP contribution in [0.5, 0.6) is 0 Å². The van der Waals surface area contributed by atoms with Crippen LogP contribution >= 0.6 is 0 Å². The van der Waals surface area contributed by atoms with Crippen molar-refractivity contribution in [2.45, 2.75) is 53.1 Å². The zero-order valence-electron chi connectivity index (χ0n) is 13.5. The molecule has 0 aromatic carbocycles. The first-order chi connectivity index (χ1) is 9.88. The van der Waals surface area contributed by atoms with E-state index < -0.39 is 0 Å². The number of likely N-dealkylation sites (tertiary alicyclic amines) is 1. The van der Waals surface area contributed by atoms with Crippen LogP contribution in [0.2, 0.25) is 0 Å². The summed E-state index contributed by atoms with van der Waals surface area (Å²) in [4.78, 5) is 18.7. The summed E-state index contributed by atoms with van der Waals surface area (Å²) >= 11 is 0. The fraction of sp³-hybridized carbons (Fsp3) is 0.800. The zero-order chi connectivity index (χ0) is 15.6. The molecule has 1 aromatic heterocycles. The minimum absolute atomic E-state index is 0.0990. The molecule has 1 fully saturated rings. The lowest BCUT2D eigenvalue weighted by atomic mass is 9.95. The van der Waals surface area contributed by atoms with Gasteiger partial charge in [-0.2, -0.15) is 5.10 Å². The summed E-state index contributed by atoms with van der Waals surface area (Å²) in [6.45, 7) is 10.2. The number of hydrogen-bond acceptors (Lipinski definition) is 4. The first-order valence-corrected chi connectivity index (χ1v) is 7.81. The average molecular weight is 293 g/mol. The third kappa shape index (κ3) is 3.81. The largest absolute Gasteiger partial charge is 0.342 e. The van der Waals surface area contributed by atoms with Crippen molar-refractivity contribution in [2.75, 3.05) is 13.1 Å². The van der Waals surface area contributed by atoms with Crippen molar-refractivity contribution in [1.82, 2.24) is 19.7 Å². The first-order valence-electron chi connectivity index (χ1n) is 7.81. The molecule has 2 heterocycles. The highest BCUT2D eigenvalue weighted by Crippen LogP contribution is 2.20. The molecule has 1 aromatic rings. The summed E-state index contributed by atoms with van der Waals surface area (Å²) in [6.07, 6.45) is 2.18. The van der Waals surface area contributed by atoms with Gasteiger partial charge in [0.05, 0.1) is 5.92 Å². The van der Waals surface area contributed by atoms with Gasteiger partial charge in [0, 0.05) is 25.7 Å². The number of nitrogens with zero attached hydrogens (tertiary/aromatic N) is 4. The summed E-state index contributed by atoms with van der Waals surface area (Å²) in [7, 11) is 0. The maximum atomic E-state index is 12.4. The van der Waals surface area contributed by atoms with E-state index in [1.54, 1.807) is 0 Å². The Morgan fingerprint density at radius 2 is 2.14 bits per heavy atom. The molecule has 21 heavy (non-hydrogen) atoms. The van der Waals surface area contributed by atoms with Crippen molar-refractivity contribution < 1.29 is 4.79 Å². The van der Waals surface area contributed by atoms with Crippen LogP contribution in [0.15, 0.2) is 0 Å². The molecule has 118 valence electrons. The molecule has 0 aliphatic carbocycles. The predicted octanol–water partition coefficient (Wildman–Crippen LogP) is 1.12. The lowest BCUT2D eigenvalue weighted by Crippen LogP contribution is -2.46. The lowest BCUT2D eigenvalue weighted by molar-refractivity contribution is -0.137. The van der Waals surface area contributed by atoms with E-state index >= 15 is 0 Å². The summed E-state index contributed by atoms with van der Waals surface area (Å²) in [5.41, 5.74) is 5.85. The fourth-order valence-corrected chi connectivity index (χ4v) is 2.91. The zero-order valence-corrected chi connectivity index (χ0v) is 13.5. The van der Waals surface area contributed by atoms with E-state index in [9.17, 15) is 4.79 Å². The fourth-order valence-electron chi connectivity index (χ4n) is 2.91. The number of carbonyl (C=O) groups excluding carboxylic acids is 1. The highest BCUT2D eigenvalue weighted by atomic mass is 16.2. The van der Waals surface area contributed by atoms with Gasteiger partial charge in [0.15, 0.2) is 0 Å². The van der Waals surface area contributed by atoms with Gasteiger partial charge in [-0.3, -0.25) is 4.79 Å². The second-order valence-electron chi connectivity index (χ2n) is 6.33. The van der Waals surface area contributed by atoms with E-state index in [1.165, 1.54) is 0 Å². The van der Waals surface area contributed by atoms with Gasteiger partial charge in [0.25, 0.3) is 0 Å². The highest BCUT2D eigenvalue weighted by molar-refractivity contribution is 5.79. The monoisotopic (exact) mass is 293 g/mol.